The number of hydrogen-bond donors (Lipinski definition) is 2. The van der Waals surface area contributed by atoms with Crippen molar-refractivity contribution in [3.8, 4) is 0 Å². The molecule has 1 aromatic rings. The fourth-order valence-corrected chi connectivity index (χ4v) is 2.82. The highest BCUT2D eigenvalue weighted by Crippen LogP contribution is 2.32. The van der Waals surface area contributed by atoms with Crippen molar-refractivity contribution in [3.63, 3.8) is 0 Å². The molecule has 19 heavy (non-hydrogen) atoms. The van der Waals surface area contributed by atoms with Gasteiger partial charge in [-0.3, -0.25) is 0 Å². The fourth-order valence-electron chi connectivity index (χ4n) is 2.64. The second kappa shape index (κ2) is 6.66. The molecule has 1 saturated heterocycles. The predicted octanol–water partition coefficient (Wildman–Crippen LogP) is 2.31. The minimum Gasteiger partial charge on any atom is -0.392 e. The summed E-state index contributed by atoms with van der Waals surface area (Å²) in [5.74, 6) is -0.812. The Bertz CT molecular complexity index is 424. The average molecular weight is 288 g/mol. The first-order chi connectivity index (χ1) is 9.15. The first kappa shape index (κ1) is 14.7. The van der Waals surface area contributed by atoms with Gasteiger partial charge in [-0.15, -0.1) is 0 Å². The summed E-state index contributed by atoms with van der Waals surface area (Å²) in [6.45, 7) is 1.46. The van der Waals surface area contributed by atoms with E-state index < -0.39 is 17.8 Å². The number of nitrogens with two attached hydrogens (primary N) is 1. The molecule has 3 nitrogen and oxygen atoms in total. The molecule has 0 spiro atoms. The van der Waals surface area contributed by atoms with Gasteiger partial charge in [0, 0.05) is 25.7 Å². The van der Waals surface area contributed by atoms with Gasteiger partial charge in [-0.2, -0.15) is 0 Å². The summed E-state index contributed by atoms with van der Waals surface area (Å²) in [5, 5.41) is 10.5. The lowest BCUT2D eigenvalue weighted by Crippen LogP contribution is -2.36. The highest BCUT2D eigenvalue weighted by molar-refractivity contribution is 6.30. The van der Waals surface area contributed by atoms with Crippen LogP contribution in [0, 0.1) is 11.7 Å². The molecule has 1 fully saturated rings. The van der Waals surface area contributed by atoms with Gasteiger partial charge in [-0.05, 0) is 30.4 Å². The number of ether oxygens (including phenoxy) is 1. The topological polar surface area (TPSA) is 55.5 Å². The maximum absolute atomic E-state index is 14.0. The summed E-state index contributed by atoms with van der Waals surface area (Å²) in [6, 6.07) is 4.82. The van der Waals surface area contributed by atoms with E-state index in [0.29, 0.717) is 18.8 Å². The number of halogens is 2. The molecule has 1 aromatic carbocycles. The molecule has 1 aliphatic heterocycles. The summed E-state index contributed by atoms with van der Waals surface area (Å²) in [6.07, 6.45) is 0.890. The van der Waals surface area contributed by atoms with E-state index in [1.807, 2.05) is 0 Å². The maximum atomic E-state index is 14.0. The van der Waals surface area contributed by atoms with Crippen LogP contribution in [0.3, 0.4) is 0 Å². The van der Waals surface area contributed by atoms with Gasteiger partial charge in [0.05, 0.1) is 11.1 Å². The smallest absolute Gasteiger partial charge is 0.145 e. The minimum absolute atomic E-state index is 0.0649. The van der Waals surface area contributed by atoms with Crippen molar-refractivity contribution in [2.45, 2.75) is 24.9 Å². The van der Waals surface area contributed by atoms with E-state index in [1.54, 1.807) is 12.1 Å². The predicted molar refractivity (Wildman–Crippen MR) is 72.8 cm³/mol. The SMILES string of the molecule is NCC(c1cccc(Cl)c1F)C(O)C1CCOCC1. The van der Waals surface area contributed by atoms with Crippen LogP contribution in [0.15, 0.2) is 18.2 Å². The van der Waals surface area contributed by atoms with E-state index in [2.05, 4.69) is 0 Å². The number of hydrogen-bond acceptors (Lipinski definition) is 3. The van der Waals surface area contributed by atoms with Crippen LogP contribution in [0.4, 0.5) is 4.39 Å². The molecule has 0 bridgehead atoms. The van der Waals surface area contributed by atoms with Gasteiger partial charge in [-0.25, -0.2) is 4.39 Å². The third-order valence-corrected chi connectivity index (χ3v) is 4.09. The Hall–Kier alpha value is -0.680. The molecule has 0 aromatic heterocycles. The quantitative estimate of drug-likeness (QED) is 0.893. The van der Waals surface area contributed by atoms with Crippen LogP contribution in [0.25, 0.3) is 0 Å². The van der Waals surface area contributed by atoms with Crippen molar-refractivity contribution in [1.82, 2.24) is 0 Å². The Labute approximate surface area is 117 Å². The molecule has 3 N–H and O–H groups in total. The van der Waals surface area contributed by atoms with Crippen LogP contribution in [0.2, 0.25) is 5.02 Å². The van der Waals surface area contributed by atoms with Crippen LogP contribution in [0.5, 0.6) is 0 Å². The van der Waals surface area contributed by atoms with Crippen LogP contribution in [-0.4, -0.2) is 31.0 Å². The van der Waals surface area contributed by atoms with Crippen LogP contribution in [0.1, 0.15) is 24.3 Å². The molecule has 0 amide bonds. The van der Waals surface area contributed by atoms with Gasteiger partial charge >= 0.3 is 0 Å². The summed E-state index contributed by atoms with van der Waals surface area (Å²) in [4.78, 5) is 0. The highest BCUT2D eigenvalue weighted by Gasteiger charge is 2.31. The summed E-state index contributed by atoms with van der Waals surface area (Å²) in [5.41, 5.74) is 6.13. The lowest BCUT2D eigenvalue weighted by atomic mass is 9.82. The molecular weight excluding hydrogens is 269 g/mol. The molecule has 0 aliphatic carbocycles. The van der Waals surface area contributed by atoms with E-state index in [0.717, 1.165) is 12.8 Å². The van der Waals surface area contributed by atoms with Crippen molar-refractivity contribution in [2.75, 3.05) is 19.8 Å². The fraction of sp³-hybridized carbons (Fsp3) is 0.571. The number of aliphatic hydroxyl groups is 1. The Morgan fingerprint density at radius 2 is 2.11 bits per heavy atom. The van der Waals surface area contributed by atoms with Crippen molar-refractivity contribution in [1.29, 1.82) is 0 Å². The Morgan fingerprint density at radius 1 is 1.42 bits per heavy atom. The molecule has 106 valence electrons. The van der Waals surface area contributed by atoms with Gasteiger partial charge in [0.2, 0.25) is 0 Å². The van der Waals surface area contributed by atoms with Crippen LogP contribution < -0.4 is 5.73 Å². The van der Waals surface area contributed by atoms with Crippen molar-refractivity contribution in [2.24, 2.45) is 11.7 Å². The Kier molecular flexibility index (Phi) is 5.16. The molecule has 2 rings (SSSR count). The van der Waals surface area contributed by atoms with Gasteiger partial charge in [-0.1, -0.05) is 23.7 Å². The molecule has 5 heteroatoms. The zero-order valence-corrected chi connectivity index (χ0v) is 11.4. The molecule has 2 atom stereocenters. The largest absolute Gasteiger partial charge is 0.392 e. The number of rotatable bonds is 4. The third kappa shape index (κ3) is 3.26. The van der Waals surface area contributed by atoms with Crippen LogP contribution >= 0.6 is 11.6 Å². The lowest BCUT2D eigenvalue weighted by Gasteiger charge is -2.32. The van der Waals surface area contributed by atoms with E-state index in [1.165, 1.54) is 6.07 Å². The summed E-state index contributed by atoms with van der Waals surface area (Å²) < 4.78 is 19.3. The second-order valence-electron chi connectivity index (χ2n) is 4.93. The second-order valence-corrected chi connectivity index (χ2v) is 5.33. The molecule has 0 saturated carbocycles. The van der Waals surface area contributed by atoms with E-state index in [9.17, 15) is 9.50 Å². The average Bonchev–Trinajstić information content (AvgIpc) is 2.45. The van der Waals surface area contributed by atoms with Crippen LogP contribution in [-0.2, 0) is 4.74 Å². The van der Waals surface area contributed by atoms with Gasteiger partial charge in [0.1, 0.15) is 5.82 Å². The first-order valence-corrected chi connectivity index (χ1v) is 6.92. The lowest BCUT2D eigenvalue weighted by molar-refractivity contribution is -0.00235. The molecule has 2 unspecified atom stereocenters. The Balaban J connectivity index is 2.20. The van der Waals surface area contributed by atoms with Gasteiger partial charge in [0.15, 0.2) is 0 Å². The first-order valence-electron chi connectivity index (χ1n) is 6.55. The minimum atomic E-state index is -0.665. The van der Waals surface area contributed by atoms with Gasteiger partial charge < -0.3 is 15.6 Å². The van der Waals surface area contributed by atoms with Gasteiger partial charge in [0.25, 0.3) is 0 Å². The third-order valence-electron chi connectivity index (χ3n) is 3.80. The standard InChI is InChI=1S/C14H19ClFNO2/c15-12-3-1-2-10(13(12)16)11(8-17)14(18)9-4-6-19-7-5-9/h1-3,9,11,14,18H,4-8,17H2. The highest BCUT2D eigenvalue weighted by atomic mass is 35.5. The molecule has 0 radical (unpaired) electrons. The molecular formula is C14H19ClFNO2. The molecule has 1 aliphatic rings. The molecule has 1 heterocycles. The zero-order chi connectivity index (χ0) is 13.8. The zero-order valence-electron chi connectivity index (χ0n) is 10.7. The number of aliphatic hydroxyl groups excluding tert-OH is 1. The monoisotopic (exact) mass is 287 g/mol. The van der Waals surface area contributed by atoms with Crippen molar-refractivity contribution < 1.29 is 14.2 Å². The van der Waals surface area contributed by atoms with E-state index in [4.69, 9.17) is 22.1 Å². The maximum Gasteiger partial charge on any atom is 0.145 e. The van der Waals surface area contributed by atoms with E-state index in [-0.39, 0.29) is 17.5 Å². The van der Waals surface area contributed by atoms with Crippen molar-refractivity contribution >= 4 is 11.6 Å². The normalized spacial score (nSPS) is 20.2. The number of benzene rings is 1. The summed E-state index contributed by atoms with van der Waals surface area (Å²) >= 11 is 5.79. The van der Waals surface area contributed by atoms with E-state index >= 15 is 0 Å². The summed E-state index contributed by atoms with van der Waals surface area (Å²) in [7, 11) is 0. The Morgan fingerprint density at radius 3 is 2.74 bits per heavy atom. The van der Waals surface area contributed by atoms with Crippen molar-refractivity contribution in [3.05, 3.63) is 34.6 Å².